The molecule has 6 heteroatoms. The van der Waals surface area contributed by atoms with Gasteiger partial charge in [-0.3, -0.25) is 4.79 Å². The minimum absolute atomic E-state index is 0.300. The van der Waals surface area contributed by atoms with Crippen molar-refractivity contribution in [3.8, 4) is 0 Å². The Hall–Kier alpha value is -2.47. The first-order valence-electron chi connectivity index (χ1n) is 7.56. The molecule has 0 atom stereocenters. The molecule has 0 bridgehead atoms. The minimum Gasteiger partial charge on any atom is -0.460 e. The van der Waals surface area contributed by atoms with Gasteiger partial charge in [0.05, 0.1) is 16.9 Å². The smallest absolute Gasteiger partial charge is 0.252 e. The normalized spacial score (nSPS) is 10.9. The molecule has 0 aliphatic rings. The zero-order valence-electron chi connectivity index (χ0n) is 13.2. The number of nitrogens with two attached hydrogens (primary N) is 2. The van der Waals surface area contributed by atoms with E-state index < -0.39 is 5.91 Å². The van der Waals surface area contributed by atoms with Gasteiger partial charge in [-0.2, -0.15) is 0 Å². The number of halogens is 1. The van der Waals surface area contributed by atoms with Gasteiger partial charge in [-0.25, -0.2) is 0 Å². The van der Waals surface area contributed by atoms with E-state index in [4.69, 9.17) is 15.9 Å². The number of primary amides is 1. The molecule has 3 rings (SSSR count). The second-order valence-electron chi connectivity index (χ2n) is 5.66. The van der Waals surface area contributed by atoms with E-state index in [9.17, 15) is 4.79 Å². The monoisotopic (exact) mass is 387 g/mol. The Morgan fingerprint density at radius 2 is 1.96 bits per heavy atom. The lowest BCUT2D eigenvalue weighted by molar-refractivity contribution is 0.100. The lowest BCUT2D eigenvalue weighted by atomic mass is 10.1. The second kappa shape index (κ2) is 6.57. The lowest BCUT2D eigenvalue weighted by Gasteiger charge is -2.12. The number of amides is 1. The summed E-state index contributed by atoms with van der Waals surface area (Å²) in [6.07, 6.45) is 0.850. The van der Waals surface area contributed by atoms with Crippen molar-refractivity contribution >= 4 is 44.2 Å². The fourth-order valence-corrected chi connectivity index (χ4v) is 2.98. The Morgan fingerprint density at radius 1 is 1.25 bits per heavy atom. The van der Waals surface area contributed by atoms with E-state index in [1.54, 1.807) is 6.07 Å². The van der Waals surface area contributed by atoms with Crippen LogP contribution in [0.15, 0.2) is 45.3 Å². The number of anilines is 2. The van der Waals surface area contributed by atoms with Gasteiger partial charge in [-0.05, 0) is 43.2 Å². The van der Waals surface area contributed by atoms with Crippen molar-refractivity contribution in [3.05, 3.63) is 57.8 Å². The van der Waals surface area contributed by atoms with E-state index in [1.807, 2.05) is 25.1 Å². The van der Waals surface area contributed by atoms with Crippen LogP contribution in [0.25, 0.3) is 11.0 Å². The molecule has 1 amide bonds. The zero-order valence-corrected chi connectivity index (χ0v) is 14.8. The number of benzene rings is 2. The highest BCUT2D eigenvalue weighted by atomic mass is 79.9. The van der Waals surface area contributed by atoms with Crippen LogP contribution < -0.4 is 16.8 Å². The quantitative estimate of drug-likeness (QED) is 0.579. The number of hydrogen-bond acceptors (Lipinski definition) is 4. The molecular weight excluding hydrogens is 370 g/mol. The van der Waals surface area contributed by atoms with Crippen LogP contribution in [0.2, 0.25) is 0 Å². The molecule has 5 N–H and O–H groups in total. The van der Waals surface area contributed by atoms with Gasteiger partial charge < -0.3 is 21.2 Å². The molecule has 0 saturated carbocycles. The number of carbonyl (C=O) groups is 1. The summed E-state index contributed by atoms with van der Waals surface area (Å²) in [6, 6.07) is 11.6. The molecule has 2 aromatic carbocycles. The maximum Gasteiger partial charge on any atom is 0.252 e. The summed E-state index contributed by atoms with van der Waals surface area (Å²) in [5.74, 6) is 0.150. The van der Waals surface area contributed by atoms with E-state index in [1.165, 1.54) is 5.56 Å². The average molecular weight is 388 g/mol. The molecule has 1 heterocycles. The lowest BCUT2D eigenvalue weighted by Crippen LogP contribution is -2.13. The van der Waals surface area contributed by atoms with Gasteiger partial charge in [0.15, 0.2) is 0 Å². The number of rotatable bonds is 5. The van der Waals surface area contributed by atoms with Crippen molar-refractivity contribution in [1.29, 1.82) is 0 Å². The Labute approximate surface area is 148 Å². The Bertz CT molecular complexity index is 901. The minimum atomic E-state index is -0.553. The summed E-state index contributed by atoms with van der Waals surface area (Å²) in [5, 5.41) is 4.12. The topological polar surface area (TPSA) is 94.3 Å². The number of hydrogen-bond donors (Lipinski definition) is 3. The summed E-state index contributed by atoms with van der Waals surface area (Å²) in [7, 11) is 0. The highest BCUT2D eigenvalue weighted by Crippen LogP contribution is 2.34. The van der Waals surface area contributed by atoms with Gasteiger partial charge in [-0.15, -0.1) is 0 Å². The standard InChI is InChI=1S/C18H18BrN3O2/c1-10-8-13-16(15(20)9-14(18(21)23)17(13)24-10)22-7-6-11-2-4-12(19)5-3-11/h2-5,8-9,22H,6-7,20H2,1H3,(H2,21,23). The second-order valence-corrected chi connectivity index (χ2v) is 6.57. The van der Waals surface area contributed by atoms with E-state index in [0.717, 1.165) is 22.0 Å². The largest absolute Gasteiger partial charge is 0.460 e. The molecule has 0 spiro atoms. The van der Waals surface area contributed by atoms with Gasteiger partial charge in [-0.1, -0.05) is 28.1 Å². The maximum atomic E-state index is 11.6. The summed E-state index contributed by atoms with van der Waals surface area (Å²) in [5.41, 5.74) is 14.8. The fourth-order valence-electron chi connectivity index (χ4n) is 2.71. The van der Waals surface area contributed by atoms with Crippen molar-refractivity contribution in [1.82, 2.24) is 0 Å². The molecule has 0 fully saturated rings. The van der Waals surface area contributed by atoms with Crippen LogP contribution in [0.5, 0.6) is 0 Å². The van der Waals surface area contributed by atoms with E-state index in [0.29, 0.717) is 29.1 Å². The number of aryl methyl sites for hydroxylation is 1. The third kappa shape index (κ3) is 3.23. The predicted octanol–water partition coefficient (Wildman–Crippen LogP) is 3.84. The predicted molar refractivity (Wildman–Crippen MR) is 100 cm³/mol. The SMILES string of the molecule is Cc1cc2c(NCCc3ccc(Br)cc3)c(N)cc(C(N)=O)c2o1. The number of carbonyl (C=O) groups excluding carboxylic acids is 1. The number of fused-ring (bicyclic) bond motifs is 1. The molecule has 124 valence electrons. The number of furan rings is 1. The first-order valence-corrected chi connectivity index (χ1v) is 8.35. The van der Waals surface area contributed by atoms with Gasteiger partial charge in [0.1, 0.15) is 11.3 Å². The average Bonchev–Trinajstić information content (AvgIpc) is 2.92. The molecule has 0 saturated heterocycles. The van der Waals surface area contributed by atoms with E-state index >= 15 is 0 Å². The zero-order chi connectivity index (χ0) is 17.3. The molecule has 0 aliphatic heterocycles. The summed E-state index contributed by atoms with van der Waals surface area (Å²) < 4.78 is 6.69. The van der Waals surface area contributed by atoms with Gasteiger partial charge in [0, 0.05) is 16.4 Å². The van der Waals surface area contributed by atoms with Crippen LogP contribution in [0, 0.1) is 6.92 Å². The third-order valence-corrected chi connectivity index (χ3v) is 4.38. The summed E-state index contributed by atoms with van der Waals surface area (Å²) in [4.78, 5) is 11.6. The molecule has 3 aromatic rings. The molecule has 24 heavy (non-hydrogen) atoms. The van der Waals surface area contributed by atoms with E-state index in [2.05, 4.69) is 33.4 Å². The third-order valence-electron chi connectivity index (χ3n) is 3.85. The van der Waals surface area contributed by atoms with E-state index in [-0.39, 0.29) is 0 Å². The Balaban J connectivity index is 1.86. The fraction of sp³-hybridized carbons (Fsp3) is 0.167. The summed E-state index contributed by atoms with van der Waals surface area (Å²) >= 11 is 3.43. The van der Waals surface area contributed by atoms with Crippen LogP contribution >= 0.6 is 15.9 Å². The molecule has 5 nitrogen and oxygen atoms in total. The molecule has 1 aromatic heterocycles. The van der Waals surface area contributed by atoms with Gasteiger partial charge >= 0.3 is 0 Å². The van der Waals surface area contributed by atoms with Crippen molar-refractivity contribution in [2.24, 2.45) is 5.73 Å². The molecule has 0 unspecified atom stereocenters. The van der Waals surface area contributed by atoms with Crippen molar-refractivity contribution < 1.29 is 9.21 Å². The van der Waals surface area contributed by atoms with Crippen LogP contribution in [0.3, 0.4) is 0 Å². The van der Waals surface area contributed by atoms with Crippen molar-refractivity contribution in [3.63, 3.8) is 0 Å². The Morgan fingerprint density at radius 3 is 2.62 bits per heavy atom. The first-order chi connectivity index (χ1) is 11.5. The molecule has 0 radical (unpaired) electrons. The first kappa shape index (κ1) is 16.4. The van der Waals surface area contributed by atoms with Crippen LogP contribution in [0.4, 0.5) is 11.4 Å². The highest BCUT2D eigenvalue weighted by Gasteiger charge is 2.17. The maximum absolute atomic E-state index is 11.6. The van der Waals surface area contributed by atoms with Gasteiger partial charge in [0.2, 0.25) is 0 Å². The van der Waals surface area contributed by atoms with Crippen LogP contribution in [0.1, 0.15) is 21.7 Å². The summed E-state index contributed by atoms with van der Waals surface area (Å²) in [6.45, 7) is 2.54. The Kier molecular flexibility index (Phi) is 4.49. The van der Waals surface area contributed by atoms with Gasteiger partial charge in [0.25, 0.3) is 5.91 Å². The van der Waals surface area contributed by atoms with Crippen molar-refractivity contribution in [2.45, 2.75) is 13.3 Å². The van der Waals surface area contributed by atoms with Crippen molar-refractivity contribution in [2.75, 3.05) is 17.6 Å². The number of nitrogen functional groups attached to an aromatic ring is 1. The number of nitrogens with one attached hydrogen (secondary N) is 1. The highest BCUT2D eigenvalue weighted by molar-refractivity contribution is 9.10. The molecule has 0 aliphatic carbocycles. The van der Waals surface area contributed by atoms with Crippen LogP contribution in [-0.4, -0.2) is 12.5 Å². The van der Waals surface area contributed by atoms with Crippen LogP contribution in [-0.2, 0) is 6.42 Å². The molecular formula is C18H18BrN3O2.